The molecule has 3 aromatic rings. The fourth-order valence-electron chi connectivity index (χ4n) is 3.39. The second kappa shape index (κ2) is 5.67. The Kier molecular flexibility index (Phi) is 3.48. The summed E-state index contributed by atoms with van der Waals surface area (Å²) < 4.78 is 6.79. The molecule has 0 spiro atoms. The van der Waals surface area contributed by atoms with Crippen molar-refractivity contribution in [1.29, 1.82) is 0 Å². The highest BCUT2D eigenvalue weighted by molar-refractivity contribution is 5.92. The summed E-state index contributed by atoms with van der Waals surface area (Å²) in [6.45, 7) is 2.96. The normalized spacial score (nSPS) is 16.0. The van der Waals surface area contributed by atoms with Crippen LogP contribution in [0.3, 0.4) is 0 Å². The molecule has 7 nitrogen and oxygen atoms in total. The molecular weight excluding hydrogens is 308 g/mol. The number of aromatic nitrogens is 3. The second-order valence-electron chi connectivity index (χ2n) is 6.16. The summed E-state index contributed by atoms with van der Waals surface area (Å²) in [5.41, 5.74) is 2.02. The van der Waals surface area contributed by atoms with E-state index >= 15 is 0 Å². The first kappa shape index (κ1) is 14.7. The quantitative estimate of drug-likeness (QED) is 0.781. The van der Waals surface area contributed by atoms with Crippen LogP contribution in [0.25, 0.3) is 11.0 Å². The number of hydrogen-bond donors (Lipinski definition) is 1. The number of amides is 1. The average molecular weight is 326 g/mol. The van der Waals surface area contributed by atoms with Gasteiger partial charge in [0, 0.05) is 25.2 Å². The van der Waals surface area contributed by atoms with Crippen molar-refractivity contribution >= 4 is 16.9 Å². The van der Waals surface area contributed by atoms with E-state index in [9.17, 15) is 9.59 Å². The zero-order valence-electron chi connectivity index (χ0n) is 13.4. The number of benzene rings is 1. The topological polar surface area (TPSA) is 84.1 Å². The van der Waals surface area contributed by atoms with Crippen LogP contribution in [-0.4, -0.2) is 38.6 Å². The third-order valence-electron chi connectivity index (χ3n) is 4.59. The molecule has 4 rings (SSSR count). The van der Waals surface area contributed by atoms with Gasteiger partial charge in [-0.1, -0.05) is 17.3 Å². The van der Waals surface area contributed by atoms with E-state index in [1.807, 2.05) is 28.8 Å². The van der Waals surface area contributed by atoms with E-state index < -0.39 is 0 Å². The van der Waals surface area contributed by atoms with E-state index in [0.717, 1.165) is 23.9 Å². The number of para-hydroxylation sites is 2. The van der Waals surface area contributed by atoms with E-state index in [-0.39, 0.29) is 17.6 Å². The predicted octanol–water partition coefficient (Wildman–Crippen LogP) is 2.10. The van der Waals surface area contributed by atoms with Gasteiger partial charge in [-0.15, -0.1) is 0 Å². The minimum atomic E-state index is -0.114. The van der Waals surface area contributed by atoms with Crippen molar-refractivity contribution in [3.05, 3.63) is 52.3 Å². The summed E-state index contributed by atoms with van der Waals surface area (Å²) >= 11 is 0. The largest absolute Gasteiger partial charge is 0.361 e. The lowest BCUT2D eigenvalue weighted by molar-refractivity contribution is 0.0684. The highest BCUT2D eigenvalue weighted by atomic mass is 16.5. The van der Waals surface area contributed by atoms with Crippen LogP contribution in [0.4, 0.5) is 0 Å². The fraction of sp³-hybridized carbons (Fsp3) is 0.353. The molecule has 1 saturated heterocycles. The van der Waals surface area contributed by atoms with Crippen LogP contribution in [0.1, 0.15) is 35.1 Å². The van der Waals surface area contributed by atoms with Gasteiger partial charge in [-0.05, 0) is 31.9 Å². The Labute approximate surface area is 137 Å². The number of fused-ring (bicyclic) bond motifs is 1. The zero-order valence-corrected chi connectivity index (χ0v) is 13.4. The highest BCUT2D eigenvalue weighted by Gasteiger charge is 2.27. The van der Waals surface area contributed by atoms with Crippen molar-refractivity contribution < 1.29 is 9.32 Å². The maximum absolute atomic E-state index is 12.4. The third kappa shape index (κ3) is 2.42. The average Bonchev–Trinajstić information content (AvgIpc) is 3.17. The highest BCUT2D eigenvalue weighted by Crippen LogP contribution is 2.25. The van der Waals surface area contributed by atoms with Gasteiger partial charge in [0.25, 0.3) is 5.91 Å². The molecule has 1 aliphatic rings. The standard InChI is InChI=1S/C17H18N4O3/c1-11-10-14(19-24-11)16(22)20-8-6-12(7-9-20)21-15-5-3-2-4-13(15)18-17(21)23/h2-5,10,12H,6-9H2,1H3,(H,18,23). The van der Waals surface area contributed by atoms with Crippen molar-refractivity contribution in [2.45, 2.75) is 25.8 Å². The minimum Gasteiger partial charge on any atom is -0.361 e. The van der Waals surface area contributed by atoms with E-state index in [1.54, 1.807) is 17.9 Å². The van der Waals surface area contributed by atoms with Gasteiger partial charge in [-0.2, -0.15) is 0 Å². The minimum absolute atomic E-state index is 0.0897. The maximum Gasteiger partial charge on any atom is 0.326 e. The summed E-state index contributed by atoms with van der Waals surface area (Å²) in [6.07, 6.45) is 1.48. The molecule has 1 aliphatic heterocycles. The first-order valence-electron chi connectivity index (χ1n) is 8.05. The molecule has 0 radical (unpaired) electrons. The van der Waals surface area contributed by atoms with Crippen LogP contribution in [-0.2, 0) is 0 Å². The van der Waals surface area contributed by atoms with Crippen LogP contribution < -0.4 is 5.69 Å². The smallest absolute Gasteiger partial charge is 0.326 e. The summed E-state index contributed by atoms with van der Waals surface area (Å²) in [4.78, 5) is 29.4. The van der Waals surface area contributed by atoms with Gasteiger partial charge in [-0.3, -0.25) is 9.36 Å². The molecule has 1 aromatic carbocycles. The Morgan fingerprint density at radius 3 is 2.75 bits per heavy atom. The van der Waals surface area contributed by atoms with E-state index in [1.165, 1.54) is 0 Å². The van der Waals surface area contributed by atoms with Crippen molar-refractivity contribution in [3.63, 3.8) is 0 Å². The molecule has 0 atom stereocenters. The first-order valence-corrected chi connectivity index (χ1v) is 8.05. The Bertz CT molecular complexity index is 944. The van der Waals surface area contributed by atoms with Crippen LogP contribution in [0.5, 0.6) is 0 Å². The molecule has 1 fully saturated rings. The number of aromatic amines is 1. The number of carbonyl (C=O) groups excluding carboxylic acids is 1. The van der Waals surface area contributed by atoms with E-state index in [4.69, 9.17) is 4.52 Å². The molecule has 3 heterocycles. The van der Waals surface area contributed by atoms with Crippen molar-refractivity contribution in [2.24, 2.45) is 0 Å². The summed E-state index contributed by atoms with van der Waals surface area (Å²) in [6, 6.07) is 9.43. The van der Waals surface area contributed by atoms with Crippen LogP contribution >= 0.6 is 0 Å². The molecule has 0 saturated carbocycles. The molecular formula is C17H18N4O3. The molecule has 2 aromatic heterocycles. The van der Waals surface area contributed by atoms with Gasteiger partial charge < -0.3 is 14.4 Å². The van der Waals surface area contributed by atoms with Gasteiger partial charge in [-0.25, -0.2) is 4.79 Å². The zero-order chi connectivity index (χ0) is 16.7. The van der Waals surface area contributed by atoms with Gasteiger partial charge >= 0.3 is 5.69 Å². The molecule has 1 amide bonds. The molecule has 0 unspecified atom stereocenters. The number of hydrogen-bond acceptors (Lipinski definition) is 4. The number of H-pyrrole nitrogens is 1. The Balaban J connectivity index is 1.52. The lowest BCUT2D eigenvalue weighted by atomic mass is 10.0. The third-order valence-corrected chi connectivity index (χ3v) is 4.59. The molecule has 24 heavy (non-hydrogen) atoms. The summed E-state index contributed by atoms with van der Waals surface area (Å²) in [5, 5.41) is 3.79. The second-order valence-corrected chi connectivity index (χ2v) is 6.16. The van der Waals surface area contributed by atoms with Gasteiger partial charge in [0.05, 0.1) is 11.0 Å². The van der Waals surface area contributed by atoms with Crippen molar-refractivity contribution in [2.75, 3.05) is 13.1 Å². The van der Waals surface area contributed by atoms with Gasteiger partial charge in [0.2, 0.25) is 0 Å². The van der Waals surface area contributed by atoms with Gasteiger partial charge in [0.15, 0.2) is 5.69 Å². The lowest BCUT2D eigenvalue weighted by Crippen LogP contribution is -2.40. The number of likely N-dealkylation sites (tertiary alicyclic amines) is 1. The Hall–Kier alpha value is -2.83. The molecule has 0 aliphatic carbocycles. The fourth-order valence-corrected chi connectivity index (χ4v) is 3.39. The maximum atomic E-state index is 12.4. The van der Waals surface area contributed by atoms with Crippen LogP contribution in [0.15, 0.2) is 39.6 Å². The number of rotatable bonds is 2. The number of imidazole rings is 1. The lowest BCUT2D eigenvalue weighted by Gasteiger charge is -2.32. The van der Waals surface area contributed by atoms with E-state index in [2.05, 4.69) is 10.1 Å². The van der Waals surface area contributed by atoms with Crippen molar-refractivity contribution in [3.8, 4) is 0 Å². The summed E-state index contributed by atoms with van der Waals surface area (Å²) in [7, 11) is 0. The number of nitrogens with one attached hydrogen (secondary N) is 1. The van der Waals surface area contributed by atoms with Gasteiger partial charge in [0.1, 0.15) is 5.76 Å². The SMILES string of the molecule is Cc1cc(C(=O)N2CCC(n3c(=O)[nH]c4ccccc43)CC2)no1. The van der Waals surface area contributed by atoms with Crippen LogP contribution in [0.2, 0.25) is 0 Å². The first-order chi connectivity index (χ1) is 11.6. The number of aryl methyl sites for hydroxylation is 1. The van der Waals surface area contributed by atoms with Crippen molar-refractivity contribution in [1.82, 2.24) is 19.6 Å². The molecule has 7 heteroatoms. The summed E-state index contributed by atoms with van der Waals surface area (Å²) in [5.74, 6) is 0.509. The predicted molar refractivity (Wildman–Crippen MR) is 88.0 cm³/mol. The number of piperidine rings is 1. The molecule has 0 bridgehead atoms. The number of nitrogens with zero attached hydrogens (tertiary/aromatic N) is 3. The number of carbonyl (C=O) groups is 1. The van der Waals surface area contributed by atoms with Crippen LogP contribution in [0, 0.1) is 6.92 Å². The molecule has 1 N–H and O–H groups in total. The Morgan fingerprint density at radius 1 is 1.29 bits per heavy atom. The van der Waals surface area contributed by atoms with E-state index in [0.29, 0.717) is 24.5 Å². The molecule has 124 valence electrons. The Morgan fingerprint density at radius 2 is 2.04 bits per heavy atom. The monoisotopic (exact) mass is 326 g/mol.